The molecule has 0 radical (unpaired) electrons. The first-order valence-corrected chi connectivity index (χ1v) is 16.8. The van der Waals surface area contributed by atoms with Crippen LogP contribution in [0.25, 0.3) is 0 Å². The summed E-state index contributed by atoms with van der Waals surface area (Å²) in [5.74, 6) is 0.0357. The monoisotopic (exact) mass is 547 g/mol. The number of nitrogens with zero attached hydrogens (tertiary/aromatic N) is 1. The first-order valence-electron chi connectivity index (χ1n) is 16.8. The number of rotatable bonds is 30. The summed E-state index contributed by atoms with van der Waals surface area (Å²) in [6.07, 6.45) is 35.3. The van der Waals surface area contributed by atoms with Crippen molar-refractivity contribution < 1.29 is 9.53 Å². The minimum atomic E-state index is 0.0357. The number of hydrogen-bond donors (Lipinski definition) is 1. The van der Waals surface area contributed by atoms with Gasteiger partial charge in [0.05, 0.1) is 0 Å². The van der Waals surface area contributed by atoms with Gasteiger partial charge in [-0.15, -0.1) is 0 Å². The first kappa shape index (κ1) is 37.5. The fourth-order valence-corrected chi connectivity index (χ4v) is 4.93. The van der Waals surface area contributed by atoms with Crippen molar-refractivity contribution in [1.82, 2.24) is 10.2 Å². The van der Waals surface area contributed by atoms with Crippen molar-refractivity contribution in [2.75, 3.05) is 19.6 Å². The topological polar surface area (TPSA) is 41.6 Å². The number of ether oxygens (including phenoxy) is 1. The van der Waals surface area contributed by atoms with Crippen LogP contribution in [0.5, 0.6) is 0 Å². The smallest absolute Gasteiger partial charge is 0.306 e. The molecule has 39 heavy (non-hydrogen) atoms. The zero-order chi connectivity index (χ0) is 28.7. The summed E-state index contributed by atoms with van der Waals surface area (Å²) in [6.45, 7) is 13.4. The summed E-state index contributed by atoms with van der Waals surface area (Å²) >= 11 is 0. The molecular weight excluding hydrogens is 480 g/mol. The molecule has 0 heterocycles. The molecule has 0 aliphatic carbocycles. The van der Waals surface area contributed by atoms with Crippen LogP contribution in [0.4, 0.5) is 0 Å². The molecule has 0 rings (SSSR count). The lowest BCUT2D eigenvalue weighted by Gasteiger charge is -2.18. The quantitative estimate of drug-likeness (QED) is 0.0553. The van der Waals surface area contributed by atoms with Crippen LogP contribution in [0.3, 0.4) is 0 Å². The standard InChI is InChI=1S/C35H66N2O2/c1-5-9-12-14-17-21-26-34(27-22-18-15-13-10-6-2)39-35(38)28-23-19-16-20-24-29-36-30-25-33-37(31-8-4)32-11-7-3/h7-8,11,31-32,34,36H,3,5-6,9-10,12-30,33H2,1-2,4H3/b31-8-,32-11-. The van der Waals surface area contributed by atoms with Gasteiger partial charge < -0.3 is 15.0 Å². The Labute approximate surface area is 244 Å². The summed E-state index contributed by atoms with van der Waals surface area (Å²) in [4.78, 5) is 14.7. The predicted octanol–water partition coefficient (Wildman–Crippen LogP) is 10.3. The normalized spacial score (nSPS) is 11.7. The highest BCUT2D eigenvalue weighted by Gasteiger charge is 2.14. The molecule has 0 bridgehead atoms. The van der Waals surface area contributed by atoms with E-state index in [9.17, 15) is 4.79 Å². The summed E-state index contributed by atoms with van der Waals surface area (Å²) < 4.78 is 5.98. The predicted molar refractivity (Wildman–Crippen MR) is 172 cm³/mol. The third kappa shape index (κ3) is 27.8. The first-order chi connectivity index (χ1) is 19.2. The maximum atomic E-state index is 12.5. The lowest BCUT2D eigenvalue weighted by molar-refractivity contribution is -0.150. The highest BCUT2D eigenvalue weighted by Crippen LogP contribution is 2.18. The van der Waals surface area contributed by atoms with Gasteiger partial charge in [0.25, 0.3) is 0 Å². The Bertz CT molecular complexity index is 571. The second-order valence-corrected chi connectivity index (χ2v) is 11.1. The minimum absolute atomic E-state index is 0.0357. The average Bonchev–Trinajstić information content (AvgIpc) is 2.93. The van der Waals surface area contributed by atoms with Crippen molar-refractivity contribution in [3.63, 3.8) is 0 Å². The number of nitrogens with one attached hydrogen (secondary N) is 1. The number of hydrogen-bond acceptors (Lipinski definition) is 4. The van der Waals surface area contributed by atoms with Crippen LogP contribution in [-0.4, -0.2) is 36.6 Å². The van der Waals surface area contributed by atoms with Gasteiger partial charge in [0.1, 0.15) is 6.10 Å². The van der Waals surface area contributed by atoms with E-state index in [1.54, 1.807) is 0 Å². The van der Waals surface area contributed by atoms with E-state index < -0.39 is 0 Å². The van der Waals surface area contributed by atoms with E-state index in [4.69, 9.17) is 4.74 Å². The van der Waals surface area contributed by atoms with Crippen molar-refractivity contribution in [3.8, 4) is 0 Å². The van der Waals surface area contributed by atoms with E-state index in [-0.39, 0.29) is 12.1 Å². The van der Waals surface area contributed by atoms with E-state index >= 15 is 0 Å². The van der Waals surface area contributed by atoms with Crippen molar-refractivity contribution in [1.29, 1.82) is 0 Å². The molecule has 228 valence electrons. The number of unbranched alkanes of at least 4 members (excludes halogenated alkanes) is 14. The molecule has 0 aromatic heterocycles. The molecule has 0 fully saturated rings. The third-order valence-corrected chi connectivity index (χ3v) is 7.32. The lowest BCUT2D eigenvalue weighted by Crippen LogP contribution is -2.21. The number of carbonyl (C=O) groups excluding carboxylic acids is 1. The molecule has 0 amide bonds. The fourth-order valence-electron chi connectivity index (χ4n) is 4.93. The molecule has 0 aliphatic heterocycles. The summed E-state index contributed by atoms with van der Waals surface area (Å²) in [5, 5.41) is 3.56. The van der Waals surface area contributed by atoms with Gasteiger partial charge in [-0.1, -0.05) is 116 Å². The Kier molecular flexibility index (Phi) is 29.8. The van der Waals surface area contributed by atoms with Gasteiger partial charge in [0, 0.05) is 19.2 Å². The maximum absolute atomic E-state index is 12.5. The zero-order valence-corrected chi connectivity index (χ0v) is 26.4. The Hall–Kier alpha value is -1.55. The van der Waals surface area contributed by atoms with Gasteiger partial charge in [-0.2, -0.15) is 0 Å². The van der Waals surface area contributed by atoms with Crippen LogP contribution >= 0.6 is 0 Å². The van der Waals surface area contributed by atoms with E-state index in [0.29, 0.717) is 6.42 Å². The van der Waals surface area contributed by atoms with E-state index in [0.717, 1.165) is 51.7 Å². The second kappa shape index (κ2) is 31.0. The molecule has 0 aliphatic rings. The van der Waals surface area contributed by atoms with Crippen molar-refractivity contribution >= 4 is 5.97 Å². The van der Waals surface area contributed by atoms with Gasteiger partial charge >= 0.3 is 5.97 Å². The molecule has 0 saturated carbocycles. The highest BCUT2D eigenvalue weighted by molar-refractivity contribution is 5.69. The molecule has 0 aromatic carbocycles. The molecule has 0 unspecified atom stereocenters. The van der Waals surface area contributed by atoms with E-state index in [1.807, 2.05) is 19.1 Å². The molecular formula is C35H66N2O2. The van der Waals surface area contributed by atoms with Crippen LogP contribution in [-0.2, 0) is 9.53 Å². The van der Waals surface area contributed by atoms with Crippen LogP contribution in [0.2, 0.25) is 0 Å². The molecule has 4 nitrogen and oxygen atoms in total. The van der Waals surface area contributed by atoms with Crippen LogP contribution in [0.15, 0.2) is 37.2 Å². The Morgan fingerprint density at radius 3 is 1.87 bits per heavy atom. The average molecular weight is 547 g/mol. The Morgan fingerprint density at radius 1 is 0.744 bits per heavy atom. The van der Waals surface area contributed by atoms with Crippen molar-refractivity contribution in [3.05, 3.63) is 37.2 Å². The van der Waals surface area contributed by atoms with Crippen LogP contribution < -0.4 is 5.32 Å². The summed E-state index contributed by atoms with van der Waals surface area (Å²) in [5.41, 5.74) is 0. The maximum Gasteiger partial charge on any atom is 0.306 e. The van der Waals surface area contributed by atoms with Crippen LogP contribution in [0.1, 0.15) is 156 Å². The van der Waals surface area contributed by atoms with Crippen LogP contribution in [0, 0.1) is 0 Å². The molecule has 0 spiro atoms. The van der Waals surface area contributed by atoms with Gasteiger partial charge in [-0.05, 0) is 77.2 Å². The summed E-state index contributed by atoms with van der Waals surface area (Å²) in [7, 11) is 0. The highest BCUT2D eigenvalue weighted by atomic mass is 16.5. The molecule has 1 N–H and O–H groups in total. The Balaban J connectivity index is 3.93. The van der Waals surface area contributed by atoms with Gasteiger partial charge in [0.2, 0.25) is 0 Å². The molecule has 0 aromatic rings. The number of allylic oxidation sites excluding steroid dienone is 3. The van der Waals surface area contributed by atoms with Crippen molar-refractivity contribution in [2.45, 2.75) is 162 Å². The summed E-state index contributed by atoms with van der Waals surface area (Å²) in [6, 6.07) is 0. The van der Waals surface area contributed by atoms with Gasteiger partial charge in [-0.3, -0.25) is 4.79 Å². The molecule has 0 saturated heterocycles. The SMILES string of the molecule is C=C/C=C\N(/C=C\C)CCCNCCCCCCCC(=O)OC(CCCCCCCC)CCCCCCCC. The second-order valence-electron chi connectivity index (χ2n) is 11.1. The van der Waals surface area contributed by atoms with Crippen molar-refractivity contribution in [2.24, 2.45) is 0 Å². The largest absolute Gasteiger partial charge is 0.462 e. The third-order valence-electron chi connectivity index (χ3n) is 7.32. The molecule has 0 atom stereocenters. The number of esters is 1. The minimum Gasteiger partial charge on any atom is -0.462 e. The van der Waals surface area contributed by atoms with E-state index in [2.05, 4.69) is 49.1 Å². The lowest BCUT2D eigenvalue weighted by atomic mass is 10.0. The van der Waals surface area contributed by atoms with Gasteiger partial charge in [-0.25, -0.2) is 0 Å². The fraction of sp³-hybridized carbons (Fsp3) is 0.800. The van der Waals surface area contributed by atoms with Gasteiger partial charge in [0.15, 0.2) is 0 Å². The Morgan fingerprint density at radius 2 is 1.28 bits per heavy atom. The number of carbonyl (C=O) groups is 1. The zero-order valence-electron chi connectivity index (χ0n) is 26.4. The van der Waals surface area contributed by atoms with E-state index in [1.165, 1.54) is 96.3 Å². The molecule has 4 heteroatoms.